The van der Waals surface area contributed by atoms with Crippen LogP contribution in [0, 0.1) is 0 Å². The van der Waals surface area contributed by atoms with E-state index in [2.05, 4.69) is 52.5 Å². The normalized spacial score (nSPS) is 14.5. The van der Waals surface area contributed by atoms with Gasteiger partial charge in [0.1, 0.15) is 12.0 Å². The van der Waals surface area contributed by atoms with Gasteiger partial charge in [-0.15, -0.1) is 0 Å². The number of aliphatic imine (C=N–C) groups is 1. The molecular weight excluding hydrogens is 364 g/mol. The lowest BCUT2D eigenvalue weighted by Gasteiger charge is -2.30. The van der Waals surface area contributed by atoms with Crippen LogP contribution in [0.15, 0.2) is 53.5 Å². The summed E-state index contributed by atoms with van der Waals surface area (Å²) in [4.78, 5) is 10.1. The van der Waals surface area contributed by atoms with Gasteiger partial charge in [0.05, 0.1) is 25.9 Å². The van der Waals surface area contributed by atoms with Crippen LogP contribution >= 0.6 is 0 Å². The minimum absolute atomic E-state index is 0.568. The van der Waals surface area contributed by atoms with Gasteiger partial charge in [-0.3, -0.25) is 4.99 Å². The van der Waals surface area contributed by atoms with Gasteiger partial charge >= 0.3 is 0 Å². The molecule has 0 amide bonds. The van der Waals surface area contributed by atoms with Crippen molar-refractivity contribution in [2.75, 3.05) is 20.2 Å². The minimum Gasteiger partial charge on any atom is -0.497 e. The van der Waals surface area contributed by atoms with Gasteiger partial charge in [0.25, 0.3) is 0 Å². The van der Waals surface area contributed by atoms with Crippen molar-refractivity contribution in [2.45, 2.75) is 32.5 Å². The van der Waals surface area contributed by atoms with Crippen LogP contribution in [0.5, 0.6) is 5.75 Å². The molecule has 152 valence electrons. The molecule has 4 rings (SSSR count). The molecule has 3 N–H and O–H groups in total. The minimum atomic E-state index is -0.582. The van der Waals surface area contributed by atoms with Crippen molar-refractivity contribution in [1.29, 1.82) is 0 Å². The zero-order valence-corrected chi connectivity index (χ0v) is 17.0. The first-order valence-corrected chi connectivity index (χ1v) is 10.2. The summed E-state index contributed by atoms with van der Waals surface area (Å²) in [5.41, 5.74) is 4.38. The fourth-order valence-corrected chi connectivity index (χ4v) is 3.85. The van der Waals surface area contributed by atoms with Crippen molar-refractivity contribution < 1.29 is 9.84 Å². The van der Waals surface area contributed by atoms with E-state index in [-0.39, 0.29) is 0 Å². The highest BCUT2D eigenvalue weighted by Gasteiger charge is 2.25. The molecule has 6 nitrogen and oxygen atoms in total. The summed E-state index contributed by atoms with van der Waals surface area (Å²) in [6.07, 6.45) is 1.02. The Labute approximate surface area is 171 Å². The van der Waals surface area contributed by atoms with E-state index in [1.54, 1.807) is 7.11 Å². The lowest BCUT2D eigenvalue weighted by Crippen LogP contribution is -2.45. The number of nitrogens with one attached hydrogen (secondary N) is 2. The quantitative estimate of drug-likeness (QED) is 0.536. The Hall–Kier alpha value is -2.99. The van der Waals surface area contributed by atoms with Gasteiger partial charge < -0.3 is 25.0 Å². The summed E-state index contributed by atoms with van der Waals surface area (Å²) in [6.45, 7) is 4.20. The molecule has 1 atom stereocenters. The Balaban J connectivity index is 1.78. The first-order valence-electron chi connectivity index (χ1n) is 10.2. The number of nitrogens with zero attached hydrogens (tertiary/aromatic N) is 2. The maximum Gasteiger partial charge on any atom is 0.196 e. The molecule has 29 heavy (non-hydrogen) atoms. The van der Waals surface area contributed by atoms with E-state index in [0.717, 1.165) is 58.9 Å². The van der Waals surface area contributed by atoms with E-state index in [1.165, 1.54) is 0 Å². The van der Waals surface area contributed by atoms with Gasteiger partial charge in [-0.25, -0.2) is 0 Å². The molecule has 0 fully saturated rings. The molecule has 2 heterocycles. The summed E-state index contributed by atoms with van der Waals surface area (Å²) in [5, 5.41) is 15.3. The Kier molecular flexibility index (Phi) is 5.71. The van der Waals surface area contributed by atoms with Gasteiger partial charge in [-0.05, 0) is 42.3 Å². The molecule has 3 aromatic rings. The Bertz CT molecular complexity index is 994. The van der Waals surface area contributed by atoms with Crippen LogP contribution in [0.4, 0.5) is 0 Å². The van der Waals surface area contributed by atoms with Crippen molar-refractivity contribution in [1.82, 2.24) is 15.2 Å². The van der Waals surface area contributed by atoms with Crippen molar-refractivity contribution >= 4 is 16.9 Å². The second-order valence-electron chi connectivity index (χ2n) is 7.28. The van der Waals surface area contributed by atoms with Crippen molar-refractivity contribution in [2.24, 2.45) is 4.99 Å². The average molecular weight is 393 g/mol. The summed E-state index contributed by atoms with van der Waals surface area (Å²) >= 11 is 0. The first kappa shape index (κ1) is 19.3. The summed E-state index contributed by atoms with van der Waals surface area (Å²) in [7, 11) is 1.67. The van der Waals surface area contributed by atoms with Crippen molar-refractivity contribution in [3.63, 3.8) is 0 Å². The largest absolute Gasteiger partial charge is 0.497 e. The molecule has 2 aromatic carbocycles. The van der Waals surface area contributed by atoms with Crippen LogP contribution in [-0.2, 0) is 6.54 Å². The number of H-pyrrole nitrogens is 1. The predicted octanol–water partition coefficient (Wildman–Crippen LogP) is 3.72. The van der Waals surface area contributed by atoms with Gasteiger partial charge in [0.2, 0.25) is 0 Å². The number of aliphatic hydroxyl groups excluding tert-OH is 1. The van der Waals surface area contributed by atoms with Crippen LogP contribution in [0.1, 0.15) is 25.3 Å². The number of fused-ring (bicyclic) bond motifs is 1. The summed E-state index contributed by atoms with van der Waals surface area (Å²) in [5.74, 6) is 1.60. The maximum atomic E-state index is 10.8. The van der Waals surface area contributed by atoms with E-state index in [4.69, 9.17) is 4.74 Å². The number of aliphatic hydroxyl groups is 1. The smallest absolute Gasteiger partial charge is 0.196 e. The van der Waals surface area contributed by atoms with Crippen LogP contribution in [0.2, 0.25) is 0 Å². The number of benzene rings is 2. The topological polar surface area (TPSA) is 72.9 Å². The molecule has 0 aliphatic carbocycles. The van der Waals surface area contributed by atoms with E-state index < -0.39 is 6.23 Å². The Morgan fingerprint density at radius 2 is 1.97 bits per heavy atom. The summed E-state index contributed by atoms with van der Waals surface area (Å²) < 4.78 is 5.31. The monoisotopic (exact) mass is 392 g/mol. The number of hydrogen-bond acceptors (Lipinski definition) is 5. The highest BCUT2D eigenvalue weighted by atomic mass is 16.5. The SMILES string of the molecule is CCCC(O)N(Cc1c(-c2ccc(OC)cc2)[nH]c2ccccc12)C1=NCCN1. The molecule has 1 aliphatic rings. The first-order chi connectivity index (χ1) is 14.2. The van der Waals surface area contributed by atoms with Crippen molar-refractivity contribution in [3.8, 4) is 17.0 Å². The second kappa shape index (κ2) is 8.57. The molecule has 6 heteroatoms. The van der Waals surface area contributed by atoms with Gasteiger partial charge in [0.15, 0.2) is 5.96 Å². The number of ether oxygens (including phenoxy) is 1. The van der Waals surface area contributed by atoms with Crippen LogP contribution in [0.25, 0.3) is 22.2 Å². The van der Waals surface area contributed by atoms with E-state index >= 15 is 0 Å². The Morgan fingerprint density at radius 3 is 2.66 bits per heavy atom. The Morgan fingerprint density at radius 1 is 1.17 bits per heavy atom. The highest BCUT2D eigenvalue weighted by molar-refractivity contribution is 5.91. The van der Waals surface area contributed by atoms with E-state index in [1.807, 2.05) is 23.1 Å². The molecule has 0 radical (unpaired) electrons. The fourth-order valence-electron chi connectivity index (χ4n) is 3.85. The molecule has 0 spiro atoms. The number of para-hydroxylation sites is 1. The number of methoxy groups -OCH3 is 1. The number of hydrogen-bond donors (Lipinski definition) is 3. The van der Waals surface area contributed by atoms with E-state index in [9.17, 15) is 5.11 Å². The molecule has 1 aromatic heterocycles. The molecule has 1 aliphatic heterocycles. The third kappa shape index (κ3) is 3.93. The van der Waals surface area contributed by atoms with Gasteiger partial charge in [-0.1, -0.05) is 31.5 Å². The van der Waals surface area contributed by atoms with Crippen LogP contribution in [-0.4, -0.2) is 47.4 Å². The van der Waals surface area contributed by atoms with Crippen LogP contribution < -0.4 is 10.1 Å². The number of aromatic amines is 1. The lowest BCUT2D eigenvalue weighted by molar-refractivity contribution is 0.0390. The molecule has 0 saturated heterocycles. The number of aromatic nitrogens is 1. The standard InChI is InChI=1S/C23H28N4O2/c1-3-6-21(28)27(23-24-13-14-25-23)15-19-18-7-4-5-8-20(18)26-22(19)16-9-11-17(29-2)12-10-16/h4-5,7-12,21,26,28H,3,6,13-15H2,1-2H3,(H,24,25). The van der Waals surface area contributed by atoms with Crippen LogP contribution in [0.3, 0.4) is 0 Å². The van der Waals surface area contributed by atoms with Gasteiger partial charge in [-0.2, -0.15) is 0 Å². The molecular formula is C23H28N4O2. The highest BCUT2D eigenvalue weighted by Crippen LogP contribution is 2.33. The zero-order chi connectivity index (χ0) is 20.2. The van der Waals surface area contributed by atoms with Gasteiger partial charge in [0, 0.05) is 23.0 Å². The second-order valence-corrected chi connectivity index (χ2v) is 7.28. The number of rotatable bonds is 7. The fraction of sp³-hybridized carbons (Fsp3) is 0.348. The average Bonchev–Trinajstić information content (AvgIpc) is 3.40. The number of guanidine groups is 1. The third-order valence-electron chi connectivity index (χ3n) is 5.36. The molecule has 0 saturated carbocycles. The van der Waals surface area contributed by atoms with E-state index in [0.29, 0.717) is 13.0 Å². The summed E-state index contributed by atoms with van der Waals surface area (Å²) in [6, 6.07) is 16.4. The third-order valence-corrected chi connectivity index (χ3v) is 5.36. The predicted molar refractivity (Wildman–Crippen MR) is 117 cm³/mol. The molecule has 0 bridgehead atoms. The lowest BCUT2D eigenvalue weighted by atomic mass is 10.0. The maximum absolute atomic E-state index is 10.8. The zero-order valence-electron chi connectivity index (χ0n) is 17.0. The van der Waals surface area contributed by atoms with Crippen molar-refractivity contribution in [3.05, 3.63) is 54.1 Å². The molecule has 1 unspecified atom stereocenters.